The van der Waals surface area contributed by atoms with E-state index >= 15 is 0 Å². The predicted octanol–water partition coefficient (Wildman–Crippen LogP) is 10.2. The van der Waals surface area contributed by atoms with Crippen molar-refractivity contribution >= 4 is 10.8 Å². The average molecular weight is 610 g/mol. The molecule has 0 amide bonds. The lowest BCUT2D eigenvalue weighted by atomic mass is 9.98. The van der Waals surface area contributed by atoms with E-state index in [9.17, 15) is 43.9 Å². The van der Waals surface area contributed by atoms with Crippen LogP contribution in [0.5, 0.6) is 11.5 Å². The molecule has 0 N–H and O–H groups in total. The van der Waals surface area contributed by atoms with Crippen molar-refractivity contribution < 1.29 is 53.4 Å². The second kappa shape index (κ2) is 10.8. The van der Waals surface area contributed by atoms with Crippen LogP contribution < -0.4 is 9.47 Å². The Morgan fingerprint density at radius 1 is 0.558 bits per heavy atom. The van der Waals surface area contributed by atoms with Gasteiger partial charge in [-0.15, -0.1) is 13.2 Å². The summed E-state index contributed by atoms with van der Waals surface area (Å²) in [5.74, 6) is -10.6. The van der Waals surface area contributed by atoms with Gasteiger partial charge in [0.15, 0.2) is 11.6 Å². The number of aryl methyl sites for hydroxylation is 1. The van der Waals surface area contributed by atoms with E-state index in [1.165, 1.54) is 12.1 Å². The summed E-state index contributed by atoms with van der Waals surface area (Å²) in [5, 5.41) is -1.16. The molecule has 0 atom stereocenters. The van der Waals surface area contributed by atoms with Gasteiger partial charge in [0.05, 0.1) is 0 Å². The first-order chi connectivity index (χ1) is 20.1. The number of fused-ring (bicyclic) bond motifs is 1. The van der Waals surface area contributed by atoms with Gasteiger partial charge < -0.3 is 9.47 Å². The molecule has 222 valence electrons. The van der Waals surface area contributed by atoms with Crippen LogP contribution in [0.4, 0.5) is 43.9 Å². The topological polar surface area (TPSA) is 18.5 Å². The first kappa shape index (κ1) is 29.7. The molecule has 0 unspecified atom stereocenters. The van der Waals surface area contributed by atoms with Crippen LogP contribution in [-0.2, 0) is 6.11 Å². The second-order valence-electron chi connectivity index (χ2n) is 9.43. The van der Waals surface area contributed by atoms with Gasteiger partial charge in [-0.3, -0.25) is 0 Å². The molecule has 0 aliphatic rings. The summed E-state index contributed by atoms with van der Waals surface area (Å²) in [6.45, 7) is 1.87. The van der Waals surface area contributed by atoms with Crippen LogP contribution in [0.15, 0.2) is 78.9 Å². The van der Waals surface area contributed by atoms with Gasteiger partial charge in [-0.05, 0) is 71.5 Å². The SMILES string of the molecule is Cc1ccc(-c2ccc(-c3cc(F)c(C(F)(F)Oc4ccc5c(F)c(OC(F)(F)F)c(F)cc5c4)c(F)c3)c(F)c2)cc1. The van der Waals surface area contributed by atoms with Crippen LogP contribution in [0, 0.1) is 36.0 Å². The standard InChI is InChI=1S/C31H16F10O2/c1-15-2-4-16(5-3-15)17-6-8-21(23(32)11-17)19-12-24(33)27(25(34)13-19)30(37,38)42-20-7-9-22-18(10-20)14-26(35)29(28(22)36)43-31(39,40)41/h2-14H,1H3. The van der Waals surface area contributed by atoms with Gasteiger partial charge in [-0.25, -0.2) is 22.0 Å². The molecule has 12 heteroatoms. The quantitative estimate of drug-likeness (QED) is 0.178. The van der Waals surface area contributed by atoms with E-state index in [2.05, 4.69) is 9.47 Å². The number of rotatable bonds is 6. The van der Waals surface area contributed by atoms with Gasteiger partial charge in [0, 0.05) is 10.9 Å². The van der Waals surface area contributed by atoms with E-state index in [1.54, 1.807) is 12.1 Å². The highest BCUT2D eigenvalue weighted by atomic mass is 19.4. The Morgan fingerprint density at radius 3 is 1.77 bits per heavy atom. The van der Waals surface area contributed by atoms with Crippen LogP contribution in [0.1, 0.15) is 11.1 Å². The van der Waals surface area contributed by atoms with Crippen LogP contribution in [0.3, 0.4) is 0 Å². The number of halogens is 10. The lowest BCUT2D eigenvalue weighted by Gasteiger charge is -2.20. The zero-order chi connectivity index (χ0) is 31.3. The third-order valence-electron chi connectivity index (χ3n) is 6.42. The molecule has 0 fully saturated rings. The molecule has 5 aromatic rings. The van der Waals surface area contributed by atoms with Gasteiger partial charge in [0.25, 0.3) is 0 Å². The molecule has 0 radical (unpaired) electrons. The van der Waals surface area contributed by atoms with Crippen molar-refractivity contribution in [1.29, 1.82) is 0 Å². The van der Waals surface area contributed by atoms with E-state index in [0.29, 0.717) is 47.5 Å². The maximum Gasteiger partial charge on any atom is 0.573 e. The van der Waals surface area contributed by atoms with Crippen LogP contribution in [0.2, 0.25) is 0 Å². The van der Waals surface area contributed by atoms with Crippen LogP contribution in [-0.4, -0.2) is 6.36 Å². The second-order valence-corrected chi connectivity index (χ2v) is 9.43. The first-order valence-electron chi connectivity index (χ1n) is 12.2. The summed E-state index contributed by atoms with van der Waals surface area (Å²) in [7, 11) is 0. The highest BCUT2D eigenvalue weighted by molar-refractivity contribution is 5.86. The highest BCUT2D eigenvalue weighted by Crippen LogP contribution is 2.40. The van der Waals surface area contributed by atoms with E-state index in [0.717, 1.165) is 11.6 Å². The number of alkyl halides is 5. The van der Waals surface area contributed by atoms with Crippen molar-refractivity contribution in [2.24, 2.45) is 0 Å². The smallest absolute Gasteiger partial charge is 0.429 e. The summed E-state index contributed by atoms with van der Waals surface area (Å²) in [6, 6.07) is 14.3. The summed E-state index contributed by atoms with van der Waals surface area (Å²) in [4.78, 5) is 0. The molecule has 0 saturated carbocycles. The third-order valence-corrected chi connectivity index (χ3v) is 6.42. The van der Waals surface area contributed by atoms with Crippen molar-refractivity contribution in [2.45, 2.75) is 19.4 Å². The predicted molar refractivity (Wildman–Crippen MR) is 137 cm³/mol. The molecular weight excluding hydrogens is 594 g/mol. The third kappa shape index (κ3) is 6.08. The van der Waals surface area contributed by atoms with E-state index in [4.69, 9.17) is 0 Å². The molecule has 0 aliphatic heterocycles. The van der Waals surface area contributed by atoms with Crippen molar-refractivity contribution in [3.8, 4) is 33.8 Å². The molecule has 0 spiro atoms. The number of hydrogen-bond acceptors (Lipinski definition) is 2. The summed E-state index contributed by atoms with van der Waals surface area (Å²) < 4.78 is 149. The molecule has 43 heavy (non-hydrogen) atoms. The Bertz CT molecular complexity index is 1820. The summed E-state index contributed by atoms with van der Waals surface area (Å²) >= 11 is 0. The maximum atomic E-state index is 15.0. The van der Waals surface area contributed by atoms with E-state index < -0.39 is 69.4 Å². The Balaban J connectivity index is 1.44. The van der Waals surface area contributed by atoms with E-state index in [-0.39, 0.29) is 11.1 Å². The zero-order valence-corrected chi connectivity index (χ0v) is 21.6. The van der Waals surface area contributed by atoms with Gasteiger partial charge in [-0.2, -0.15) is 8.78 Å². The number of benzene rings is 5. The fourth-order valence-electron chi connectivity index (χ4n) is 4.44. The van der Waals surface area contributed by atoms with Gasteiger partial charge in [0.1, 0.15) is 28.8 Å². The molecule has 2 nitrogen and oxygen atoms in total. The molecule has 0 saturated heterocycles. The minimum Gasteiger partial charge on any atom is -0.429 e. The normalized spacial score (nSPS) is 12.1. The van der Waals surface area contributed by atoms with Crippen molar-refractivity contribution in [3.63, 3.8) is 0 Å². The minimum absolute atomic E-state index is 0.267. The lowest BCUT2D eigenvalue weighted by molar-refractivity contribution is -0.276. The van der Waals surface area contributed by atoms with E-state index in [1.807, 2.05) is 19.1 Å². The molecular formula is C31H16F10O2. The Hall–Kier alpha value is -4.74. The van der Waals surface area contributed by atoms with Crippen molar-refractivity contribution in [1.82, 2.24) is 0 Å². The monoisotopic (exact) mass is 610 g/mol. The molecule has 0 bridgehead atoms. The van der Waals surface area contributed by atoms with Crippen LogP contribution in [0.25, 0.3) is 33.0 Å². The molecule has 0 aliphatic carbocycles. The Labute approximate surface area is 236 Å². The maximum absolute atomic E-state index is 15.0. The molecule has 0 heterocycles. The molecule has 5 rings (SSSR count). The van der Waals surface area contributed by atoms with Gasteiger partial charge in [-0.1, -0.05) is 42.0 Å². The lowest BCUT2D eigenvalue weighted by Crippen LogP contribution is -2.25. The number of hydrogen-bond donors (Lipinski definition) is 0. The minimum atomic E-state index is -5.42. The largest absolute Gasteiger partial charge is 0.573 e. The summed E-state index contributed by atoms with van der Waals surface area (Å²) in [6.07, 6.45) is -10.1. The average Bonchev–Trinajstić information content (AvgIpc) is 2.90. The fraction of sp³-hybridized carbons (Fsp3) is 0.0968. The summed E-state index contributed by atoms with van der Waals surface area (Å²) in [5.41, 5.74) is -0.357. The fourth-order valence-corrected chi connectivity index (χ4v) is 4.44. The van der Waals surface area contributed by atoms with Crippen LogP contribution >= 0.6 is 0 Å². The highest BCUT2D eigenvalue weighted by Gasteiger charge is 2.41. The van der Waals surface area contributed by atoms with Gasteiger partial charge >= 0.3 is 12.5 Å². The zero-order valence-electron chi connectivity index (χ0n) is 21.6. The first-order valence-corrected chi connectivity index (χ1v) is 12.2. The molecule has 5 aromatic carbocycles. The molecule has 0 aromatic heterocycles. The van der Waals surface area contributed by atoms with Crippen molar-refractivity contribution in [3.05, 3.63) is 119 Å². The van der Waals surface area contributed by atoms with Crippen molar-refractivity contribution in [2.75, 3.05) is 0 Å². The Kier molecular flexibility index (Phi) is 7.49. The van der Waals surface area contributed by atoms with Gasteiger partial charge in [0.2, 0.25) is 5.75 Å². The number of ether oxygens (including phenoxy) is 2. The Morgan fingerprint density at radius 2 is 1.16 bits per heavy atom.